The van der Waals surface area contributed by atoms with Gasteiger partial charge in [0.2, 0.25) is 5.91 Å². The van der Waals surface area contributed by atoms with Crippen LogP contribution in [0.4, 0.5) is 0 Å². The highest BCUT2D eigenvalue weighted by atomic mass is 32.2. The first-order valence-electron chi connectivity index (χ1n) is 5.23. The molecule has 0 heterocycles. The van der Waals surface area contributed by atoms with Gasteiger partial charge in [0, 0.05) is 16.1 Å². The fourth-order valence-corrected chi connectivity index (χ4v) is 2.54. The van der Waals surface area contributed by atoms with Gasteiger partial charge in [-0.05, 0) is 38.1 Å². The minimum atomic E-state index is -0.379. The summed E-state index contributed by atoms with van der Waals surface area (Å²) in [6, 6.07) is 7.65. The minimum absolute atomic E-state index is 0.250. The van der Waals surface area contributed by atoms with Gasteiger partial charge < -0.3 is 4.74 Å². The molecular formula is C12H17NO3S. The summed E-state index contributed by atoms with van der Waals surface area (Å²) in [7, 11) is 1.62. The van der Waals surface area contributed by atoms with Crippen molar-refractivity contribution in [2.24, 2.45) is 0 Å². The van der Waals surface area contributed by atoms with Gasteiger partial charge in [0.25, 0.3) is 0 Å². The molecule has 0 aliphatic heterocycles. The van der Waals surface area contributed by atoms with E-state index in [1.165, 1.54) is 0 Å². The van der Waals surface area contributed by atoms with E-state index in [-0.39, 0.29) is 17.1 Å². The highest BCUT2D eigenvalue weighted by molar-refractivity contribution is 8.00. The van der Waals surface area contributed by atoms with Crippen molar-refractivity contribution >= 4 is 17.7 Å². The first-order chi connectivity index (χ1) is 7.96. The van der Waals surface area contributed by atoms with Crippen LogP contribution in [0.1, 0.15) is 20.3 Å². The molecule has 0 saturated heterocycles. The highest BCUT2D eigenvalue weighted by Crippen LogP contribution is 2.35. The predicted molar refractivity (Wildman–Crippen MR) is 67.5 cm³/mol. The third-order valence-corrected chi connectivity index (χ3v) is 3.37. The molecule has 2 N–H and O–H groups in total. The van der Waals surface area contributed by atoms with Crippen LogP contribution in [0.5, 0.6) is 5.75 Å². The van der Waals surface area contributed by atoms with Crippen LogP contribution in [0.25, 0.3) is 0 Å². The second-order valence-corrected chi connectivity index (χ2v) is 6.03. The third kappa shape index (κ3) is 4.66. The molecule has 17 heavy (non-hydrogen) atoms. The predicted octanol–water partition coefficient (Wildman–Crippen LogP) is 2.46. The molecule has 5 heteroatoms. The summed E-state index contributed by atoms with van der Waals surface area (Å²) in [5, 5.41) is 8.51. The number of benzene rings is 1. The quantitative estimate of drug-likeness (QED) is 0.482. The monoisotopic (exact) mass is 255 g/mol. The number of nitrogens with one attached hydrogen (secondary N) is 1. The molecule has 0 atom stereocenters. The number of hydroxylamine groups is 1. The van der Waals surface area contributed by atoms with Crippen LogP contribution in [0.15, 0.2) is 29.2 Å². The highest BCUT2D eigenvalue weighted by Gasteiger charge is 2.23. The van der Waals surface area contributed by atoms with E-state index in [2.05, 4.69) is 0 Å². The van der Waals surface area contributed by atoms with E-state index in [0.29, 0.717) is 0 Å². The van der Waals surface area contributed by atoms with Gasteiger partial charge in [-0.2, -0.15) is 0 Å². The van der Waals surface area contributed by atoms with Gasteiger partial charge in [0.15, 0.2) is 0 Å². The maximum Gasteiger partial charge on any atom is 0.244 e. The summed E-state index contributed by atoms with van der Waals surface area (Å²) in [4.78, 5) is 12.2. The normalized spacial score (nSPS) is 11.1. The second kappa shape index (κ2) is 5.93. The van der Waals surface area contributed by atoms with Gasteiger partial charge >= 0.3 is 0 Å². The topological polar surface area (TPSA) is 58.6 Å². The fourth-order valence-electron chi connectivity index (χ4n) is 1.43. The Labute approximate surface area is 105 Å². The molecule has 0 fully saturated rings. The number of carbonyl (C=O) groups is 1. The third-order valence-electron chi connectivity index (χ3n) is 2.16. The van der Waals surface area contributed by atoms with Crippen LogP contribution in [0.3, 0.4) is 0 Å². The molecule has 0 unspecified atom stereocenters. The first-order valence-corrected chi connectivity index (χ1v) is 6.04. The van der Waals surface area contributed by atoms with Crippen molar-refractivity contribution in [3.05, 3.63) is 24.3 Å². The van der Waals surface area contributed by atoms with E-state index in [9.17, 15) is 4.79 Å². The summed E-state index contributed by atoms with van der Waals surface area (Å²) in [5.41, 5.74) is 1.65. The molecule has 1 aromatic carbocycles. The lowest BCUT2D eigenvalue weighted by Crippen LogP contribution is -2.28. The lowest BCUT2D eigenvalue weighted by Gasteiger charge is -2.22. The lowest BCUT2D eigenvalue weighted by molar-refractivity contribution is -0.129. The molecule has 0 aliphatic carbocycles. The number of thioether (sulfide) groups is 1. The van der Waals surface area contributed by atoms with Gasteiger partial charge in [-0.25, -0.2) is 5.48 Å². The van der Waals surface area contributed by atoms with E-state index in [1.807, 2.05) is 38.1 Å². The molecule has 0 radical (unpaired) electrons. The van der Waals surface area contributed by atoms with Crippen LogP contribution >= 0.6 is 11.8 Å². The molecule has 1 rings (SSSR count). The molecule has 94 valence electrons. The zero-order valence-corrected chi connectivity index (χ0v) is 11.0. The molecular weight excluding hydrogens is 238 g/mol. The number of ether oxygens (including phenoxy) is 1. The molecule has 0 bridgehead atoms. The smallest absolute Gasteiger partial charge is 0.244 e. The molecule has 1 amide bonds. The van der Waals surface area contributed by atoms with E-state index in [0.717, 1.165) is 10.6 Å². The van der Waals surface area contributed by atoms with Crippen molar-refractivity contribution in [2.75, 3.05) is 7.11 Å². The number of carbonyl (C=O) groups excluding carboxylic acids is 1. The zero-order chi connectivity index (χ0) is 12.9. The van der Waals surface area contributed by atoms with Crippen LogP contribution < -0.4 is 10.2 Å². The van der Waals surface area contributed by atoms with E-state index >= 15 is 0 Å². The number of hydrogen-bond donors (Lipinski definition) is 2. The van der Waals surface area contributed by atoms with Gasteiger partial charge in [-0.3, -0.25) is 10.0 Å². The van der Waals surface area contributed by atoms with Crippen LogP contribution in [-0.4, -0.2) is 23.0 Å². The Morgan fingerprint density at radius 1 is 1.41 bits per heavy atom. The Kier molecular flexibility index (Phi) is 4.84. The van der Waals surface area contributed by atoms with Crippen molar-refractivity contribution in [3.63, 3.8) is 0 Å². The van der Waals surface area contributed by atoms with E-state index in [4.69, 9.17) is 9.94 Å². The molecule has 1 aromatic rings. The average Bonchev–Trinajstić information content (AvgIpc) is 2.28. The lowest BCUT2D eigenvalue weighted by atomic mass is 10.1. The van der Waals surface area contributed by atoms with Gasteiger partial charge in [0.05, 0.1) is 7.11 Å². The summed E-state index contributed by atoms with van der Waals surface area (Å²) < 4.78 is 4.80. The number of rotatable bonds is 5. The van der Waals surface area contributed by atoms with E-state index < -0.39 is 0 Å². The Balaban J connectivity index is 2.65. The van der Waals surface area contributed by atoms with Gasteiger partial charge in [-0.1, -0.05) is 0 Å². The molecule has 0 saturated carbocycles. The molecule has 0 aromatic heterocycles. The first kappa shape index (κ1) is 13.9. The summed E-state index contributed by atoms with van der Waals surface area (Å²) >= 11 is 1.58. The van der Waals surface area contributed by atoms with Crippen LogP contribution in [-0.2, 0) is 4.79 Å². The second-order valence-electron chi connectivity index (χ2n) is 4.25. The molecule has 0 aliphatic rings. The number of methoxy groups -OCH3 is 1. The van der Waals surface area contributed by atoms with Crippen molar-refractivity contribution in [2.45, 2.75) is 29.9 Å². The van der Waals surface area contributed by atoms with Gasteiger partial charge in [0.1, 0.15) is 5.75 Å². The number of hydrogen-bond acceptors (Lipinski definition) is 4. The Morgan fingerprint density at radius 3 is 2.47 bits per heavy atom. The molecule has 0 spiro atoms. The Bertz CT molecular complexity index is 376. The zero-order valence-electron chi connectivity index (χ0n) is 10.2. The number of amides is 1. The maximum absolute atomic E-state index is 11.1. The SMILES string of the molecule is COc1ccc(SC(C)(C)CC(=O)NO)cc1. The summed E-state index contributed by atoms with van der Waals surface area (Å²) in [5.74, 6) is 0.427. The Morgan fingerprint density at radius 2 is 2.00 bits per heavy atom. The summed E-state index contributed by atoms with van der Waals surface area (Å²) in [6.07, 6.45) is 0.250. The maximum atomic E-state index is 11.1. The summed E-state index contributed by atoms with van der Waals surface area (Å²) in [6.45, 7) is 3.91. The van der Waals surface area contributed by atoms with Crippen molar-refractivity contribution < 1.29 is 14.7 Å². The molecule has 4 nitrogen and oxygen atoms in total. The van der Waals surface area contributed by atoms with Gasteiger partial charge in [-0.15, -0.1) is 11.8 Å². The fraction of sp³-hybridized carbons (Fsp3) is 0.417. The van der Waals surface area contributed by atoms with Crippen molar-refractivity contribution in [1.29, 1.82) is 0 Å². The largest absolute Gasteiger partial charge is 0.497 e. The van der Waals surface area contributed by atoms with Crippen LogP contribution in [0.2, 0.25) is 0 Å². The Hall–Kier alpha value is -1.20. The average molecular weight is 255 g/mol. The van der Waals surface area contributed by atoms with Crippen molar-refractivity contribution in [1.82, 2.24) is 5.48 Å². The van der Waals surface area contributed by atoms with E-state index in [1.54, 1.807) is 24.4 Å². The standard InChI is InChI=1S/C12H17NO3S/c1-12(2,8-11(14)13-15)17-10-6-4-9(16-3)5-7-10/h4-7,15H,8H2,1-3H3,(H,13,14). The van der Waals surface area contributed by atoms with Crippen LogP contribution in [0, 0.1) is 0 Å². The van der Waals surface area contributed by atoms with Crippen molar-refractivity contribution in [3.8, 4) is 5.75 Å². The minimum Gasteiger partial charge on any atom is -0.497 e.